The molecule has 5 rings (SSSR count). The number of fused-ring (bicyclic) bond motifs is 3. The molecule has 218 valence electrons. The Bertz CT molecular complexity index is 1340. The maximum atomic E-state index is 3.67. The van der Waals surface area contributed by atoms with Crippen LogP contribution in [0.2, 0.25) is 0 Å². The Morgan fingerprint density at radius 1 is 0.805 bits per heavy atom. The van der Waals surface area contributed by atoms with E-state index in [2.05, 4.69) is 146 Å². The van der Waals surface area contributed by atoms with E-state index in [1.807, 2.05) is 6.07 Å². The summed E-state index contributed by atoms with van der Waals surface area (Å²) in [6.07, 6.45) is 1.03. The van der Waals surface area contributed by atoms with E-state index < -0.39 is 0 Å². The van der Waals surface area contributed by atoms with E-state index >= 15 is 0 Å². The van der Waals surface area contributed by atoms with Crippen LogP contribution >= 0.6 is 0 Å². The van der Waals surface area contributed by atoms with Crippen LogP contribution in [0.1, 0.15) is 106 Å². The standard InChI is InChI=1S/C21H25.C10H15.C7H6.2ClH.Zr/c1-20(2,3)16-7-9-18-14(12-16)11-15-13-17(21(4,5)6)8-10-19(15)18;1-7(2)10-6-8(3)5-9(10)4;1-7-5-3-2-4-6-7;;;/h7-10,12H,11H2,1-6H3;5-7H,1-4H3;1-6H;2*1H;/q2*-1;;;;+2/p-2. The van der Waals surface area contributed by atoms with Crippen molar-refractivity contribution in [3.63, 3.8) is 0 Å². The summed E-state index contributed by atoms with van der Waals surface area (Å²) in [6.45, 7) is 22.4. The first-order valence-corrected chi connectivity index (χ1v) is 15.6. The van der Waals surface area contributed by atoms with Crippen molar-refractivity contribution in [3.8, 4) is 11.1 Å². The van der Waals surface area contributed by atoms with E-state index in [-0.39, 0.29) is 35.6 Å². The van der Waals surface area contributed by atoms with E-state index in [0.717, 1.165) is 6.42 Å². The van der Waals surface area contributed by atoms with Gasteiger partial charge in [-0.3, -0.25) is 0 Å². The molecular weight excluding hydrogens is 619 g/mol. The molecule has 0 aromatic heterocycles. The van der Waals surface area contributed by atoms with Crippen molar-refractivity contribution in [2.75, 3.05) is 0 Å². The molecule has 0 saturated heterocycles. The number of halogens is 2. The van der Waals surface area contributed by atoms with Gasteiger partial charge in [0.25, 0.3) is 0 Å². The van der Waals surface area contributed by atoms with E-state index in [4.69, 9.17) is 0 Å². The van der Waals surface area contributed by atoms with Crippen molar-refractivity contribution < 1.29 is 49.0 Å². The Labute approximate surface area is 277 Å². The van der Waals surface area contributed by atoms with Crippen molar-refractivity contribution in [1.82, 2.24) is 0 Å². The van der Waals surface area contributed by atoms with Crippen LogP contribution in [0.25, 0.3) is 11.1 Å². The van der Waals surface area contributed by atoms with Crippen LogP contribution in [0.4, 0.5) is 0 Å². The molecule has 4 aromatic carbocycles. The second kappa shape index (κ2) is 15.7. The number of aryl methyl sites for hydroxylation is 2. The van der Waals surface area contributed by atoms with Crippen LogP contribution in [0, 0.1) is 19.9 Å². The van der Waals surface area contributed by atoms with Gasteiger partial charge < -0.3 is 24.8 Å². The van der Waals surface area contributed by atoms with E-state index in [0.29, 0.717) is 5.92 Å². The second-order valence-corrected chi connectivity index (χ2v) is 13.9. The first-order valence-electron chi connectivity index (χ1n) is 14.2. The monoisotopic (exact) mass is 662 g/mol. The minimum atomic E-state index is 0. The Kier molecular flexibility index (Phi) is 14.3. The molecule has 0 N–H and O–H groups in total. The summed E-state index contributed by atoms with van der Waals surface area (Å²) in [6, 6.07) is 30.0. The molecular formula is C38H46Cl2Zr-2. The fraction of sp³-hybridized carbons (Fsp3) is 0.368. The first-order chi connectivity index (χ1) is 18.2. The molecule has 4 aromatic rings. The molecule has 0 nitrogen and oxygen atoms in total. The Morgan fingerprint density at radius 2 is 1.41 bits per heavy atom. The topological polar surface area (TPSA) is 0 Å². The zero-order valence-electron chi connectivity index (χ0n) is 26.5. The zero-order valence-corrected chi connectivity index (χ0v) is 30.5. The van der Waals surface area contributed by atoms with Gasteiger partial charge in [0.15, 0.2) is 0 Å². The van der Waals surface area contributed by atoms with Crippen molar-refractivity contribution in [2.45, 2.75) is 92.4 Å². The molecule has 0 saturated carbocycles. The molecule has 1 aliphatic rings. The molecule has 0 bridgehead atoms. The quantitative estimate of drug-likeness (QED) is 0.249. The van der Waals surface area contributed by atoms with E-state index in [1.54, 1.807) is 0 Å². The molecule has 0 aliphatic heterocycles. The van der Waals surface area contributed by atoms with Crippen LogP contribution in [0.15, 0.2) is 72.8 Å². The van der Waals surface area contributed by atoms with Crippen molar-refractivity contribution >= 4 is 3.71 Å². The summed E-state index contributed by atoms with van der Waals surface area (Å²) >= 11 is 1.46. The van der Waals surface area contributed by atoms with Crippen molar-refractivity contribution in [1.29, 1.82) is 0 Å². The summed E-state index contributed by atoms with van der Waals surface area (Å²) in [5.41, 5.74) is 14.4. The van der Waals surface area contributed by atoms with Crippen LogP contribution in [-0.4, -0.2) is 3.71 Å². The van der Waals surface area contributed by atoms with Crippen LogP contribution in [0.3, 0.4) is 0 Å². The summed E-state index contributed by atoms with van der Waals surface area (Å²) in [5.74, 6) is 0.675. The average Bonchev–Trinajstić information content (AvgIpc) is 3.42. The second-order valence-electron chi connectivity index (χ2n) is 13.2. The predicted octanol–water partition coefficient (Wildman–Crippen LogP) is 4.19. The third-order valence-corrected chi connectivity index (χ3v) is 8.15. The summed E-state index contributed by atoms with van der Waals surface area (Å²) in [5, 5.41) is 0. The molecule has 3 heteroatoms. The van der Waals surface area contributed by atoms with Gasteiger partial charge in [0.1, 0.15) is 0 Å². The molecule has 0 heterocycles. The van der Waals surface area contributed by atoms with Gasteiger partial charge in [-0.25, -0.2) is 6.07 Å². The van der Waals surface area contributed by atoms with Gasteiger partial charge in [-0.2, -0.15) is 46.5 Å². The van der Waals surface area contributed by atoms with Gasteiger partial charge in [0, 0.05) is 0 Å². The van der Waals surface area contributed by atoms with Gasteiger partial charge in [-0.05, 0) is 28.4 Å². The molecule has 41 heavy (non-hydrogen) atoms. The Morgan fingerprint density at radius 3 is 1.85 bits per heavy atom. The van der Waals surface area contributed by atoms with E-state index in [9.17, 15) is 0 Å². The molecule has 0 atom stereocenters. The van der Waals surface area contributed by atoms with Crippen LogP contribution in [0.5, 0.6) is 0 Å². The Balaban J connectivity index is 0.000000352. The first kappa shape index (κ1) is 37.4. The fourth-order valence-electron chi connectivity index (χ4n) is 5.02. The molecule has 1 aliphatic carbocycles. The molecule has 0 spiro atoms. The van der Waals surface area contributed by atoms with Gasteiger partial charge in [0.2, 0.25) is 0 Å². The van der Waals surface area contributed by atoms with E-state index in [1.165, 1.54) is 79.9 Å². The van der Waals surface area contributed by atoms with Crippen molar-refractivity contribution in [3.05, 3.63) is 123 Å². The summed E-state index contributed by atoms with van der Waals surface area (Å²) in [4.78, 5) is 0. The Hall–Kier alpha value is -1.66. The summed E-state index contributed by atoms with van der Waals surface area (Å²) in [7, 11) is 0. The van der Waals surface area contributed by atoms with Gasteiger partial charge in [0.05, 0.1) is 0 Å². The number of benzene rings is 3. The zero-order chi connectivity index (χ0) is 29.0. The molecule has 0 fully saturated rings. The molecule has 0 amide bonds. The SMILES string of the molecule is CC(C)(C)c1[c-]c2c(cc1)-c1ccc(C(C)(C)C)cc1C2.Cc1cc(C(C)C)c(C)[cH-]1.[Cl-].[Cl-].[Zr+2]=[CH]c1ccccc1. The predicted molar refractivity (Wildman–Crippen MR) is 168 cm³/mol. The average molecular weight is 665 g/mol. The third kappa shape index (κ3) is 10.2. The summed E-state index contributed by atoms with van der Waals surface area (Å²) < 4.78 is 2.17. The van der Waals surface area contributed by atoms with Gasteiger partial charge in [-0.1, -0.05) is 98.9 Å². The number of rotatable bonds is 2. The maximum absolute atomic E-state index is 3.67. The minimum absolute atomic E-state index is 0. The number of hydrogen-bond acceptors (Lipinski definition) is 0. The number of hydrogen-bond donors (Lipinski definition) is 0. The normalized spacial score (nSPS) is 11.5. The third-order valence-electron chi connectivity index (χ3n) is 7.33. The van der Waals surface area contributed by atoms with Gasteiger partial charge >= 0.3 is 63.8 Å². The van der Waals surface area contributed by atoms with Crippen molar-refractivity contribution in [2.24, 2.45) is 0 Å². The van der Waals surface area contributed by atoms with Crippen LogP contribution in [-0.2, 0) is 41.5 Å². The van der Waals surface area contributed by atoms with Crippen LogP contribution < -0.4 is 24.8 Å². The molecule has 0 radical (unpaired) electrons. The van der Waals surface area contributed by atoms with Gasteiger partial charge in [-0.15, -0.1) is 11.1 Å². The fourth-order valence-corrected chi connectivity index (χ4v) is 5.50. The molecule has 0 unspecified atom stereocenters.